The number of fused-ring (bicyclic) bond motifs is 1. The van der Waals surface area contributed by atoms with E-state index in [1.165, 1.54) is 0 Å². The molecule has 0 aromatic heterocycles. The molecule has 0 radical (unpaired) electrons. The molecule has 2 heterocycles. The molecule has 0 aromatic carbocycles. The summed E-state index contributed by atoms with van der Waals surface area (Å²) < 4.78 is 60.3. The van der Waals surface area contributed by atoms with E-state index in [0.29, 0.717) is 0 Å². The van der Waals surface area contributed by atoms with E-state index in [0.717, 1.165) is 0 Å². The van der Waals surface area contributed by atoms with Crippen LogP contribution >= 0.6 is 0 Å². The fraction of sp³-hybridized carbons (Fsp3) is 1.00. The van der Waals surface area contributed by atoms with Gasteiger partial charge < -0.3 is 30.3 Å². The Kier molecular flexibility index (Phi) is 3.84. The number of aliphatic hydroxyl groups is 5. The zero-order chi connectivity index (χ0) is 16.3. The summed E-state index contributed by atoms with van der Waals surface area (Å²) in [5, 5.41) is 47.8. The van der Waals surface area contributed by atoms with Crippen molar-refractivity contribution in [3.8, 4) is 0 Å². The van der Waals surface area contributed by atoms with E-state index < -0.39 is 57.5 Å². The molecular formula is C6H10O13S2. The van der Waals surface area contributed by atoms with Gasteiger partial charge in [0.1, 0.15) is 18.3 Å². The molecule has 5 N–H and O–H groups in total. The lowest BCUT2D eigenvalue weighted by Crippen LogP contribution is -2.74. The molecule has 2 fully saturated rings. The Labute approximate surface area is 117 Å². The second kappa shape index (κ2) is 4.77. The highest BCUT2D eigenvalue weighted by molar-refractivity contribution is 7.95. The first-order valence-electron chi connectivity index (χ1n) is 5.07. The van der Waals surface area contributed by atoms with Crippen LogP contribution in [0.3, 0.4) is 0 Å². The molecule has 13 nitrogen and oxygen atoms in total. The Balaban J connectivity index is 2.61. The minimum absolute atomic E-state index is 1.06. The molecule has 21 heavy (non-hydrogen) atoms. The van der Waals surface area contributed by atoms with Gasteiger partial charge in [-0.05, 0) is 0 Å². The van der Waals surface area contributed by atoms with Gasteiger partial charge in [-0.25, -0.2) is 4.18 Å². The lowest BCUT2D eigenvalue weighted by atomic mass is 9.94. The van der Waals surface area contributed by atoms with Crippen LogP contribution in [-0.2, 0) is 37.5 Å². The van der Waals surface area contributed by atoms with E-state index >= 15 is 0 Å². The lowest BCUT2D eigenvalue weighted by Gasteiger charge is -2.47. The number of hydrogen-bond acceptors (Lipinski definition) is 13. The normalized spacial score (nSPS) is 49.1. The van der Waals surface area contributed by atoms with E-state index in [2.05, 4.69) is 16.7 Å². The molecule has 2 rings (SSSR count). The van der Waals surface area contributed by atoms with Crippen molar-refractivity contribution in [2.75, 3.05) is 6.61 Å². The molecule has 0 aromatic rings. The highest BCUT2D eigenvalue weighted by Gasteiger charge is 2.72. The fourth-order valence-electron chi connectivity index (χ4n) is 1.73. The third-order valence-electron chi connectivity index (χ3n) is 2.66. The second-order valence-corrected chi connectivity index (χ2v) is 6.61. The van der Waals surface area contributed by atoms with E-state index in [-0.39, 0.29) is 0 Å². The summed E-state index contributed by atoms with van der Waals surface area (Å²) in [5.74, 6) is -7.61. The summed E-state index contributed by atoms with van der Waals surface area (Å²) in [6.45, 7) is -1.06. The van der Waals surface area contributed by atoms with Gasteiger partial charge in [-0.3, -0.25) is 0 Å². The SMILES string of the molecule is O=S1(=O)O[C@@]2(O)O[C@H](CO)[C@H](O)[C@H](O)[C@@]2(O)OS(=O)(=O)O1. The van der Waals surface area contributed by atoms with Crippen LogP contribution in [0.25, 0.3) is 0 Å². The Morgan fingerprint density at radius 1 is 1.00 bits per heavy atom. The van der Waals surface area contributed by atoms with Gasteiger partial charge in [-0.1, -0.05) is 0 Å². The van der Waals surface area contributed by atoms with Gasteiger partial charge in [0.15, 0.2) is 0 Å². The van der Waals surface area contributed by atoms with Crippen molar-refractivity contribution in [3.05, 3.63) is 0 Å². The van der Waals surface area contributed by atoms with Gasteiger partial charge in [-0.15, -0.1) is 3.63 Å². The van der Waals surface area contributed by atoms with Crippen molar-refractivity contribution < 1.29 is 59.1 Å². The van der Waals surface area contributed by atoms with Gasteiger partial charge in [0, 0.05) is 0 Å². The summed E-state index contributed by atoms with van der Waals surface area (Å²) in [5.41, 5.74) is 0. The molecule has 0 amide bonds. The van der Waals surface area contributed by atoms with Crippen LogP contribution in [0, 0.1) is 0 Å². The summed E-state index contributed by atoms with van der Waals surface area (Å²) in [7, 11) is -11.0. The van der Waals surface area contributed by atoms with Gasteiger partial charge in [0.25, 0.3) is 5.79 Å². The monoisotopic (exact) mass is 354 g/mol. The average molecular weight is 354 g/mol. The van der Waals surface area contributed by atoms with E-state index in [9.17, 15) is 37.3 Å². The Bertz CT molecular complexity index is 625. The Hall–Kier alpha value is -0.460. The standard InChI is InChI=1S/C6H10O13S2/c7-1-2-3(8)4(9)5(10)6(11,16-2)18-21(14,15)19-20(12,13)17-5/h2-4,7-11H,1H2/t2-,3+,4+,5-,6+/m1/s1. The molecule has 2 saturated heterocycles. The predicted molar refractivity (Wildman–Crippen MR) is 55.0 cm³/mol. The highest BCUT2D eigenvalue weighted by atomic mass is 32.3. The Morgan fingerprint density at radius 3 is 2.05 bits per heavy atom. The van der Waals surface area contributed by atoms with Gasteiger partial charge in [-0.2, -0.15) is 21.0 Å². The zero-order valence-corrected chi connectivity index (χ0v) is 11.4. The molecule has 0 aliphatic carbocycles. The van der Waals surface area contributed by atoms with Crippen LogP contribution < -0.4 is 0 Å². The van der Waals surface area contributed by atoms with Crippen molar-refractivity contribution in [2.24, 2.45) is 0 Å². The van der Waals surface area contributed by atoms with Crippen molar-refractivity contribution in [1.29, 1.82) is 0 Å². The maximum atomic E-state index is 11.2. The molecule has 0 spiro atoms. The average Bonchev–Trinajstić information content (AvgIpc) is 2.34. The first-order valence-corrected chi connectivity index (χ1v) is 7.74. The minimum atomic E-state index is -5.51. The van der Waals surface area contributed by atoms with Crippen LogP contribution in [0.4, 0.5) is 0 Å². The molecule has 0 unspecified atom stereocenters. The third-order valence-corrected chi connectivity index (χ3v) is 4.88. The predicted octanol–water partition coefficient (Wildman–Crippen LogP) is -5.01. The zero-order valence-electron chi connectivity index (χ0n) is 9.76. The maximum Gasteiger partial charge on any atom is 0.421 e. The minimum Gasteiger partial charge on any atom is -0.394 e. The smallest absolute Gasteiger partial charge is 0.394 e. The van der Waals surface area contributed by atoms with Crippen LogP contribution in [0.1, 0.15) is 0 Å². The summed E-state index contributed by atoms with van der Waals surface area (Å²) in [6, 6.07) is 0. The first-order chi connectivity index (χ1) is 9.36. The van der Waals surface area contributed by atoms with Gasteiger partial charge >= 0.3 is 26.8 Å². The molecular weight excluding hydrogens is 344 g/mol. The number of ether oxygens (including phenoxy) is 1. The van der Waals surface area contributed by atoms with Crippen LogP contribution in [0.15, 0.2) is 0 Å². The molecule has 0 saturated carbocycles. The molecule has 2 aliphatic heterocycles. The van der Waals surface area contributed by atoms with E-state index in [1.54, 1.807) is 0 Å². The largest absolute Gasteiger partial charge is 0.421 e. The molecule has 124 valence electrons. The quantitative estimate of drug-likeness (QED) is 0.299. The van der Waals surface area contributed by atoms with Gasteiger partial charge in [0.2, 0.25) is 0 Å². The van der Waals surface area contributed by atoms with Gasteiger partial charge in [0.05, 0.1) is 6.61 Å². The fourth-order valence-corrected chi connectivity index (χ4v) is 3.72. The summed E-state index contributed by atoms with van der Waals surface area (Å²) >= 11 is 0. The second-order valence-electron chi connectivity index (χ2n) is 4.10. The van der Waals surface area contributed by atoms with Crippen molar-refractivity contribution in [3.63, 3.8) is 0 Å². The first kappa shape index (κ1) is 16.9. The van der Waals surface area contributed by atoms with Crippen LogP contribution in [0.5, 0.6) is 0 Å². The summed E-state index contributed by atoms with van der Waals surface area (Å²) in [4.78, 5) is 0. The number of rotatable bonds is 1. The number of aliphatic hydroxyl groups excluding tert-OH is 3. The van der Waals surface area contributed by atoms with Crippen molar-refractivity contribution in [2.45, 2.75) is 30.1 Å². The topological polar surface area (TPSA) is 206 Å². The molecule has 2 aliphatic rings. The van der Waals surface area contributed by atoms with E-state index in [1.807, 2.05) is 0 Å². The maximum absolute atomic E-state index is 11.2. The van der Waals surface area contributed by atoms with Crippen molar-refractivity contribution >= 4 is 20.8 Å². The number of hydrogen-bond donors (Lipinski definition) is 5. The third kappa shape index (κ3) is 2.66. The van der Waals surface area contributed by atoms with Crippen molar-refractivity contribution in [1.82, 2.24) is 0 Å². The summed E-state index contributed by atoms with van der Waals surface area (Å²) in [6.07, 6.45) is -6.66. The molecule has 0 bridgehead atoms. The van der Waals surface area contributed by atoms with E-state index in [4.69, 9.17) is 5.11 Å². The van der Waals surface area contributed by atoms with Crippen LogP contribution in [0.2, 0.25) is 0 Å². The highest BCUT2D eigenvalue weighted by Crippen LogP contribution is 2.42. The lowest BCUT2D eigenvalue weighted by molar-refractivity contribution is -0.495. The Morgan fingerprint density at radius 2 is 1.52 bits per heavy atom. The molecule has 15 heteroatoms. The van der Waals surface area contributed by atoms with Crippen LogP contribution in [-0.4, -0.2) is 79.0 Å². The molecule has 5 atom stereocenters.